The van der Waals surface area contributed by atoms with Gasteiger partial charge in [-0.25, -0.2) is 0 Å². The van der Waals surface area contributed by atoms with Gasteiger partial charge in [0.2, 0.25) is 0 Å². The van der Waals surface area contributed by atoms with Gasteiger partial charge in [-0.05, 0) is 36.8 Å². The average molecular weight is 274 g/mol. The van der Waals surface area contributed by atoms with Crippen molar-refractivity contribution in [2.45, 2.75) is 31.1 Å². The normalized spacial score (nSPS) is 28.4. The summed E-state index contributed by atoms with van der Waals surface area (Å²) in [6, 6.07) is 10.3. The van der Waals surface area contributed by atoms with Crippen molar-refractivity contribution < 1.29 is 0 Å². The molecule has 1 heterocycles. The maximum atomic E-state index is 6.02. The lowest BCUT2D eigenvalue weighted by Crippen LogP contribution is -2.05. The molecule has 2 unspecified atom stereocenters. The van der Waals surface area contributed by atoms with Crippen LogP contribution in [-0.2, 0) is 5.88 Å². The molecule has 4 heteroatoms. The number of halogens is 1. The van der Waals surface area contributed by atoms with Crippen LogP contribution >= 0.6 is 11.6 Å². The summed E-state index contributed by atoms with van der Waals surface area (Å²) in [5, 5.41) is 8.72. The Balaban J connectivity index is 1.78. The van der Waals surface area contributed by atoms with E-state index in [0.29, 0.717) is 11.8 Å². The third kappa shape index (κ3) is 1.71. The Hall–Kier alpha value is -1.35. The fraction of sp³-hybridized carbons (Fsp3) is 0.467. The van der Waals surface area contributed by atoms with Crippen LogP contribution in [0.4, 0.5) is 0 Å². The number of fused-ring (bicyclic) bond motifs is 1. The quantitative estimate of drug-likeness (QED) is 0.801. The molecule has 0 radical (unpaired) electrons. The van der Waals surface area contributed by atoms with Gasteiger partial charge in [0.1, 0.15) is 5.82 Å². The first-order valence-corrected chi connectivity index (χ1v) is 7.49. The predicted octanol–water partition coefficient (Wildman–Crippen LogP) is 3.52. The first-order chi connectivity index (χ1) is 9.40. The lowest BCUT2D eigenvalue weighted by molar-refractivity contribution is 0.647. The Kier molecular flexibility index (Phi) is 2.62. The van der Waals surface area contributed by atoms with Crippen LogP contribution in [0, 0.1) is 11.8 Å². The molecule has 2 aromatic rings. The summed E-state index contributed by atoms with van der Waals surface area (Å²) in [6.07, 6.45) is 4.09. The average Bonchev–Trinajstić information content (AvgIpc) is 2.87. The van der Waals surface area contributed by atoms with E-state index >= 15 is 0 Å². The highest BCUT2D eigenvalue weighted by Crippen LogP contribution is 2.62. The third-order valence-electron chi connectivity index (χ3n) is 4.59. The molecular formula is C15H16ClN3. The van der Waals surface area contributed by atoms with Crippen LogP contribution in [0.25, 0.3) is 5.69 Å². The number of alkyl halides is 1. The number of benzene rings is 1. The van der Waals surface area contributed by atoms with E-state index in [0.717, 1.165) is 29.2 Å². The number of hydrogen-bond donors (Lipinski definition) is 0. The second kappa shape index (κ2) is 4.34. The van der Waals surface area contributed by atoms with Crippen molar-refractivity contribution in [3.63, 3.8) is 0 Å². The molecule has 0 spiro atoms. The van der Waals surface area contributed by atoms with Crippen molar-refractivity contribution in [3.8, 4) is 5.69 Å². The van der Waals surface area contributed by atoms with Gasteiger partial charge in [-0.1, -0.05) is 24.6 Å². The van der Waals surface area contributed by atoms with Crippen LogP contribution in [0.15, 0.2) is 30.3 Å². The zero-order chi connectivity index (χ0) is 12.8. The van der Waals surface area contributed by atoms with Gasteiger partial charge in [0.15, 0.2) is 5.82 Å². The summed E-state index contributed by atoms with van der Waals surface area (Å²) < 4.78 is 2.16. The van der Waals surface area contributed by atoms with Crippen molar-refractivity contribution in [3.05, 3.63) is 42.0 Å². The maximum Gasteiger partial charge on any atom is 0.152 e. The molecule has 2 fully saturated rings. The molecule has 4 rings (SSSR count). The largest absolute Gasteiger partial charge is 0.282 e. The van der Waals surface area contributed by atoms with Gasteiger partial charge >= 0.3 is 0 Å². The standard InChI is InChI=1S/C15H16ClN3/c16-9-13-17-18-15(14-11-7-4-8-12(11)14)19(13)10-5-2-1-3-6-10/h1-3,5-6,11-12,14H,4,7-9H2. The molecule has 1 aromatic heterocycles. The monoisotopic (exact) mass is 273 g/mol. The Morgan fingerprint density at radius 2 is 1.84 bits per heavy atom. The van der Waals surface area contributed by atoms with Crippen LogP contribution in [0.2, 0.25) is 0 Å². The molecule has 0 N–H and O–H groups in total. The summed E-state index contributed by atoms with van der Waals surface area (Å²) in [4.78, 5) is 0. The van der Waals surface area contributed by atoms with Crippen LogP contribution < -0.4 is 0 Å². The molecule has 2 atom stereocenters. The number of nitrogens with zero attached hydrogens (tertiary/aromatic N) is 3. The van der Waals surface area contributed by atoms with E-state index < -0.39 is 0 Å². The summed E-state index contributed by atoms with van der Waals surface area (Å²) >= 11 is 6.02. The Bertz CT molecular complexity index is 583. The van der Waals surface area contributed by atoms with E-state index in [-0.39, 0.29) is 0 Å². The molecule has 2 saturated carbocycles. The van der Waals surface area contributed by atoms with Crippen molar-refractivity contribution in [1.82, 2.24) is 14.8 Å². The van der Waals surface area contributed by atoms with E-state index in [4.69, 9.17) is 11.6 Å². The predicted molar refractivity (Wildman–Crippen MR) is 74.5 cm³/mol. The van der Waals surface area contributed by atoms with E-state index in [2.05, 4.69) is 26.9 Å². The smallest absolute Gasteiger partial charge is 0.152 e. The molecular weight excluding hydrogens is 258 g/mol. The molecule has 2 aliphatic rings. The maximum absolute atomic E-state index is 6.02. The van der Waals surface area contributed by atoms with Gasteiger partial charge in [0.05, 0.1) is 5.88 Å². The summed E-state index contributed by atoms with van der Waals surface area (Å²) in [7, 11) is 0. The fourth-order valence-corrected chi connectivity index (χ4v) is 3.87. The van der Waals surface area contributed by atoms with E-state index in [1.807, 2.05) is 18.2 Å². The molecule has 2 aliphatic carbocycles. The Morgan fingerprint density at radius 1 is 1.11 bits per heavy atom. The van der Waals surface area contributed by atoms with Crippen LogP contribution in [-0.4, -0.2) is 14.8 Å². The van der Waals surface area contributed by atoms with Crippen molar-refractivity contribution >= 4 is 11.6 Å². The van der Waals surface area contributed by atoms with Gasteiger partial charge < -0.3 is 0 Å². The molecule has 0 aliphatic heterocycles. The van der Waals surface area contributed by atoms with Gasteiger partial charge in [0, 0.05) is 11.6 Å². The van der Waals surface area contributed by atoms with Crippen LogP contribution in [0.1, 0.15) is 36.8 Å². The topological polar surface area (TPSA) is 30.7 Å². The van der Waals surface area contributed by atoms with Gasteiger partial charge in [-0.15, -0.1) is 21.8 Å². The number of aromatic nitrogens is 3. The van der Waals surface area contributed by atoms with Crippen LogP contribution in [0.3, 0.4) is 0 Å². The first-order valence-electron chi connectivity index (χ1n) is 6.95. The molecule has 3 nitrogen and oxygen atoms in total. The highest BCUT2D eigenvalue weighted by Gasteiger charge is 2.55. The zero-order valence-electron chi connectivity index (χ0n) is 10.7. The number of rotatable bonds is 3. The molecule has 1 aromatic carbocycles. The Morgan fingerprint density at radius 3 is 2.53 bits per heavy atom. The molecule has 98 valence electrons. The van der Waals surface area contributed by atoms with Crippen molar-refractivity contribution in [1.29, 1.82) is 0 Å². The molecule has 0 amide bonds. The second-order valence-corrected chi connectivity index (χ2v) is 5.83. The minimum Gasteiger partial charge on any atom is -0.282 e. The van der Waals surface area contributed by atoms with E-state index in [1.54, 1.807) is 0 Å². The third-order valence-corrected chi connectivity index (χ3v) is 4.83. The highest BCUT2D eigenvalue weighted by molar-refractivity contribution is 6.16. The summed E-state index contributed by atoms with van der Waals surface area (Å²) in [5.74, 6) is 4.68. The minimum atomic E-state index is 0.407. The summed E-state index contributed by atoms with van der Waals surface area (Å²) in [6.45, 7) is 0. The SMILES string of the molecule is ClCc1nnc(C2C3CCCC32)n1-c1ccccc1. The van der Waals surface area contributed by atoms with E-state index in [9.17, 15) is 0 Å². The van der Waals surface area contributed by atoms with Crippen molar-refractivity contribution in [2.75, 3.05) is 0 Å². The zero-order valence-corrected chi connectivity index (χ0v) is 11.4. The van der Waals surface area contributed by atoms with Gasteiger partial charge in [-0.2, -0.15) is 0 Å². The highest BCUT2D eigenvalue weighted by atomic mass is 35.5. The molecule has 0 bridgehead atoms. The minimum absolute atomic E-state index is 0.407. The lowest BCUT2D eigenvalue weighted by Gasteiger charge is -2.10. The van der Waals surface area contributed by atoms with Crippen LogP contribution in [0.5, 0.6) is 0 Å². The second-order valence-electron chi connectivity index (χ2n) is 5.56. The van der Waals surface area contributed by atoms with Gasteiger partial charge in [0.25, 0.3) is 0 Å². The lowest BCUT2D eigenvalue weighted by atomic mass is 10.1. The summed E-state index contributed by atoms with van der Waals surface area (Å²) in [5.41, 5.74) is 1.13. The number of para-hydroxylation sites is 1. The molecule has 0 saturated heterocycles. The first kappa shape index (κ1) is 11.5. The Labute approximate surface area is 117 Å². The molecule has 19 heavy (non-hydrogen) atoms. The van der Waals surface area contributed by atoms with Gasteiger partial charge in [-0.3, -0.25) is 4.57 Å². The van der Waals surface area contributed by atoms with E-state index in [1.165, 1.54) is 19.3 Å². The van der Waals surface area contributed by atoms with Crippen molar-refractivity contribution in [2.24, 2.45) is 11.8 Å². The number of hydrogen-bond acceptors (Lipinski definition) is 2. The fourth-order valence-electron chi connectivity index (χ4n) is 3.70.